The van der Waals surface area contributed by atoms with Gasteiger partial charge in [-0.05, 0) is 47.2 Å². The van der Waals surface area contributed by atoms with Gasteiger partial charge in [-0.1, -0.05) is 82.9 Å². The van der Waals surface area contributed by atoms with Gasteiger partial charge in [0, 0.05) is 18.9 Å². The first-order chi connectivity index (χ1) is 18.1. The van der Waals surface area contributed by atoms with Crippen molar-refractivity contribution in [2.75, 3.05) is 26.1 Å². The van der Waals surface area contributed by atoms with Crippen molar-refractivity contribution in [1.82, 2.24) is 4.90 Å². The minimum absolute atomic E-state index is 0.0477. The van der Waals surface area contributed by atoms with E-state index in [0.717, 1.165) is 17.7 Å². The lowest BCUT2D eigenvalue weighted by Gasteiger charge is -2.20. The summed E-state index contributed by atoms with van der Waals surface area (Å²) in [6, 6.07) is 13.8. The first-order valence-electron chi connectivity index (χ1n) is 13.8. The lowest BCUT2D eigenvalue weighted by atomic mass is 10.1. The second-order valence-electron chi connectivity index (χ2n) is 9.81. The van der Waals surface area contributed by atoms with Crippen molar-refractivity contribution in [2.45, 2.75) is 82.9 Å². The van der Waals surface area contributed by atoms with Gasteiger partial charge in [0.15, 0.2) is 11.5 Å². The number of nitrogens with one attached hydrogen (secondary N) is 1. The highest BCUT2D eigenvalue weighted by atomic mass is 32.2. The Bertz CT molecular complexity index is 994. The minimum atomic E-state index is -0.0477. The van der Waals surface area contributed by atoms with Gasteiger partial charge in [0.05, 0.1) is 20.1 Å². The molecule has 0 radical (unpaired) electrons. The molecule has 0 bridgehead atoms. The van der Waals surface area contributed by atoms with Crippen LogP contribution in [0.3, 0.4) is 0 Å². The summed E-state index contributed by atoms with van der Waals surface area (Å²) in [6.45, 7) is 2.93. The molecular formula is C31H44N2O3S. The number of ether oxygens (including phenoxy) is 2. The molecule has 1 aliphatic heterocycles. The Kier molecular flexibility index (Phi) is 12.7. The van der Waals surface area contributed by atoms with Gasteiger partial charge in [0.1, 0.15) is 5.37 Å². The van der Waals surface area contributed by atoms with Gasteiger partial charge in [0.25, 0.3) is 0 Å². The van der Waals surface area contributed by atoms with Crippen molar-refractivity contribution >= 4 is 23.4 Å². The van der Waals surface area contributed by atoms with Gasteiger partial charge < -0.3 is 19.7 Å². The number of benzene rings is 2. The molecule has 1 heterocycles. The van der Waals surface area contributed by atoms with Gasteiger partial charge in [-0.2, -0.15) is 0 Å². The monoisotopic (exact) mass is 524 g/mol. The molecule has 37 heavy (non-hydrogen) atoms. The van der Waals surface area contributed by atoms with Crippen molar-refractivity contribution in [3.63, 3.8) is 0 Å². The lowest BCUT2D eigenvalue weighted by Crippen LogP contribution is -2.16. The average Bonchev–Trinajstić information content (AvgIpc) is 3.33. The molecule has 0 spiro atoms. The van der Waals surface area contributed by atoms with Crippen LogP contribution in [-0.4, -0.2) is 31.6 Å². The van der Waals surface area contributed by atoms with E-state index in [1.807, 2.05) is 36.4 Å². The Morgan fingerprint density at radius 3 is 2.35 bits per heavy atom. The number of unbranched alkanes of at least 4 members (excludes halogenated alkanes) is 9. The van der Waals surface area contributed by atoms with E-state index >= 15 is 0 Å². The van der Waals surface area contributed by atoms with E-state index in [4.69, 9.17) is 9.47 Å². The molecule has 0 saturated heterocycles. The highest BCUT2D eigenvalue weighted by molar-refractivity contribution is 8.02. The van der Waals surface area contributed by atoms with Crippen molar-refractivity contribution in [2.24, 2.45) is 0 Å². The fourth-order valence-electron chi connectivity index (χ4n) is 4.57. The Morgan fingerprint density at radius 1 is 0.946 bits per heavy atom. The highest BCUT2D eigenvalue weighted by Gasteiger charge is 2.19. The predicted octanol–water partition coefficient (Wildman–Crippen LogP) is 8.32. The number of rotatable bonds is 17. The van der Waals surface area contributed by atoms with Gasteiger partial charge in [-0.15, -0.1) is 11.8 Å². The third kappa shape index (κ3) is 9.99. The zero-order valence-electron chi connectivity index (χ0n) is 22.8. The van der Waals surface area contributed by atoms with Gasteiger partial charge >= 0.3 is 0 Å². The fraction of sp³-hybridized carbons (Fsp3) is 0.516. The van der Waals surface area contributed by atoms with Crippen LogP contribution >= 0.6 is 11.8 Å². The summed E-state index contributed by atoms with van der Waals surface area (Å²) in [5.74, 6) is 1.36. The molecule has 5 nitrogen and oxygen atoms in total. The predicted molar refractivity (Wildman–Crippen MR) is 156 cm³/mol. The van der Waals surface area contributed by atoms with Crippen LogP contribution in [0.4, 0.5) is 5.69 Å². The number of hydrogen-bond acceptors (Lipinski definition) is 5. The van der Waals surface area contributed by atoms with Crippen LogP contribution in [-0.2, 0) is 11.2 Å². The van der Waals surface area contributed by atoms with E-state index in [1.54, 1.807) is 18.9 Å². The van der Waals surface area contributed by atoms with Crippen molar-refractivity contribution in [3.8, 4) is 11.5 Å². The summed E-state index contributed by atoms with van der Waals surface area (Å²) in [5, 5.41) is 5.39. The molecule has 1 aliphatic rings. The van der Waals surface area contributed by atoms with E-state index in [9.17, 15) is 4.79 Å². The van der Waals surface area contributed by atoms with E-state index in [-0.39, 0.29) is 17.7 Å². The largest absolute Gasteiger partial charge is 0.493 e. The van der Waals surface area contributed by atoms with Crippen LogP contribution < -0.4 is 14.8 Å². The van der Waals surface area contributed by atoms with Crippen LogP contribution in [0.5, 0.6) is 11.5 Å². The summed E-state index contributed by atoms with van der Waals surface area (Å²) >= 11 is 1.76. The number of thioether (sulfide) groups is 1. The summed E-state index contributed by atoms with van der Waals surface area (Å²) in [4.78, 5) is 15.0. The van der Waals surface area contributed by atoms with E-state index in [0.29, 0.717) is 18.1 Å². The zero-order chi connectivity index (χ0) is 26.3. The molecule has 1 amide bonds. The van der Waals surface area contributed by atoms with E-state index in [2.05, 4.69) is 41.9 Å². The molecule has 3 rings (SSSR count). The molecule has 202 valence electrons. The number of anilines is 1. The molecule has 0 aliphatic carbocycles. The lowest BCUT2D eigenvalue weighted by molar-refractivity contribution is -0.115. The maximum Gasteiger partial charge on any atom is 0.228 e. The van der Waals surface area contributed by atoms with Crippen molar-refractivity contribution in [3.05, 3.63) is 65.2 Å². The smallest absolute Gasteiger partial charge is 0.228 e. The standard InChI is InChI=1S/C31H44N2O3S/c1-4-5-6-7-8-9-10-11-12-13-20-36-29-22-25(17-18-28(29)35-3)23-30(34)32-27-16-14-15-26(24-27)31-33(2)19-21-37-31/h14-19,21-22,24,31H,4-13,20,23H2,1-3H3,(H,32,34). The highest BCUT2D eigenvalue weighted by Crippen LogP contribution is 2.38. The third-order valence-corrected chi connectivity index (χ3v) is 7.82. The molecule has 0 aromatic heterocycles. The van der Waals surface area contributed by atoms with Crippen LogP contribution in [0.25, 0.3) is 0 Å². The second kappa shape index (κ2) is 16.3. The van der Waals surface area contributed by atoms with Gasteiger partial charge in [-0.3, -0.25) is 4.79 Å². The first-order valence-corrected chi connectivity index (χ1v) is 14.8. The summed E-state index contributed by atoms with van der Waals surface area (Å²) < 4.78 is 11.5. The third-order valence-electron chi connectivity index (χ3n) is 6.68. The number of carbonyl (C=O) groups excluding carboxylic acids is 1. The number of hydrogen-bond donors (Lipinski definition) is 1. The molecule has 1 atom stereocenters. The van der Waals surface area contributed by atoms with Crippen molar-refractivity contribution < 1.29 is 14.3 Å². The molecule has 0 fully saturated rings. The average molecular weight is 525 g/mol. The maximum atomic E-state index is 12.8. The maximum absolute atomic E-state index is 12.8. The molecular weight excluding hydrogens is 480 g/mol. The molecule has 2 aromatic rings. The first kappa shape index (κ1) is 29.0. The van der Waals surface area contributed by atoms with Gasteiger partial charge in [-0.25, -0.2) is 0 Å². The Hall–Kier alpha value is -2.60. The normalized spacial score (nSPS) is 14.7. The topological polar surface area (TPSA) is 50.8 Å². The Labute approximate surface area is 228 Å². The van der Waals surface area contributed by atoms with Crippen LogP contribution in [0.2, 0.25) is 0 Å². The van der Waals surface area contributed by atoms with Crippen LogP contribution in [0.15, 0.2) is 54.1 Å². The van der Waals surface area contributed by atoms with E-state index in [1.165, 1.54) is 63.4 Å². The van der Waals surface area contributed by atoms with Crippen molar-refractivity contribution in [1.29, 1.82) is 0 Å². The number of nitrogens with zero attached hydrogens (tertiary/aromatic N) is 1. The Morgan fingerprint density at radius 2 is 1.68 bits per heavy atom. The number of methoxy groups -OCH3 is 1. The minimum Gasteiger partial charge on any atom is -0.493 e. The fourth-order valence-corrected chi connectivity index (χ4v) is 5.55. The Balaban J connectivity index is 1.42. The second-order valence-corrected chi connectivity index (χ2v) is 10.8. The number of carbonyl (C=O) groups is 1. The quantitative estimate of drug-likeness (QED) is 0.211. The molecule has 2 aromatic carbocycles. The van der Waals surface area contributed by atoms with Crippen LogP contribution in [0, 0.1) is 0 Å². The SMILES string of the molecule is CCCCCCCCCCCCOc1cc(CC(=O)Nc2cccc(C3SC=CN3C)c2)ccc1OC. The van der Waals surface area contributed by atoms with Crippen LogP contribution in [0.1, 0.15) is 87.6 Å². The summed E-state index contributed by atoms with van der Waals surface area (Å²) in [7, 11) is 3.71. The number of amides is 1. The molecule has 1 unspecified atom stereocenters. The zero-order valence-corrected chi connectivity index (χ0v) is 23.7. The summed E-state index contributed by atoms with van der Waals surface area (Å²) in [5.41, 5.74) is 2.89. The summed E-state index contributed by atoms with van der Waals surface area (Å²) in [6.07, 6.45) is 15.3. The molecule has 0 saturated carbocycles. The van der Waals surface area contributed by atoms with E-state index < -0.39 is 0 Å². The molecule has 6 heteroatoms. The van der Waals surface area contributed by atoms with Gasteiger partial charge in [0.2, 0.25) is 5.91 Å². The molecule has 1 N–H and O–H groups in total.